The van der Waals surface area contributed by atoms with Crippen molar-refractivity contribution in [1.29, 1.82) is 0 Å². The maximum atomic E-state index is 4.19. The fraction of sp³-hybridized carbons (Fsp3) is 0.357. The molecule has 3 nitrogen and oxygen atoms in total. The molecule has 1 heterocycles. The molecule has 17 heavy (non-hydrogen) atoms. The van der Waals surface area contributed by atoms with E-state index >= 15 is 0 Å². The lowest BCUT2D eigenvalue weighted by molar-refractivity contribution is 1.02. The average Bonchev–Trinajstić information content (AvgIpc) is 2.59. The highest BCUT2D eigenvalue weighted by molar-refractivity contribution is 5.52. The van der Waals surface area contributed by atoms with Crippen LogP contribution < -0.4 is 5.32 Å². The van der Waals surface area contributed by atoms with Gasteiger partial charge >= 0.3 is 0 Å². The first-order valence-electron chi connectivity index (χ1n) is 5.90. The average molecular weight is 229 g/mol. The summed E-state index contributed by atoms with van der Waals surface area (Å²) in [4.78, 5) is 0. The smallest absolute Gasteiger partial charge is 0.0825 e. The predicted octanol–water partition coefficient (Wildman–Crippen LogP) is 3.26. The van der Waals surface area contributed by atoms with Crippen LogP contribution in [0.4, 0.5) is 5.69 Å². The van der Waals surface area contributed by atoms with Crippen molar-refractivity contribution in [1.82, 2.24) is 10.2 Å². The number of H-pyrrole nitrogens is 1. The second-order valence-electron chi connectivity index (χ2n) is 4.53. The van der Waals surface area contributed by atoms with Crippen molar-refractivity contribution >= 4 is 5.69 Å². The van der Waals surface area contributed by atoms with E-state index in [1.807, 2.05) is 13.8 Å². The molecule has 0 fully saturated rings. The van der Waals surface area contributed by atoms with Crippen LogP contribution in [0, 0.1) is 27.7 Å². The number of aromatic amines is 1. The summed E-state index contributed by atoms with van der Waals surface area (Å²) >= 11 is 0. The van der Waals surface area contributed by atoms with Crippen molar-refractivity contribution in [2.75, 3.05) is 5.32 Å². The van der Waals surface area contributed by atoms with Gasteiger partial charge in [0.05, 0.1) is 17.1 Å². The van der Waals surface area contributed by atoms with Crippen molar-refractivity contribution in [3.63, 3.8) is 0 Å². The number of aromatic nitrogens is 2. The lowest BCUT2D eigenvalue weighted by atomic mass is 10.0. The lowest BCUT2D eigenvalue weighted by Gasteiger charge is -2.12. The third-order valence-electron chi connectivity index (χ3n) is 3.21. The van der Waals surface area contributed by atoms with Crippen molar-refractivity contribution in [2.45, 2.75) is 34.2 Å². The first-order valence-corrected chi connectivity index (χ1v) is 5.90. The minimum Gasteiger partial charge on any atom is -0.378 e. The molecule has 1 aromatic heterocycles. The number of benzene rings is 1. The van der Waals surface area contributed by atoms with E-state index in [1.165, 1.54) is 16.7 Å². The summed E-state index contributed by atoms with van der Waals surface area (Å²) in [6.07, 6.45) is 0. The summed E-state index contributed by atoms with van der Waals surface area (Å²) in [5.74, 6) is 0. The highest BCUT2D eigenvalue weighted by Gasteiger charge is 2.07. The van der Waals surface area contributed by atoms with Crippen molar-refractivity contribution in [2.24, 2.45) is 0 Å². The summed E-state index contributed by atoms with van der Waals surface area (Å²) < 4.78 is 0. The molecule has 2 aromatic rings. The number of hydrogen-bond acceptors (Lipinski definition) is 2. The Morgan fingerprint density at radius 2 is 1.76 bits per heavy atom. The molecule has 0 unspecified atom stereocenters. The fourth-order valence-corrected chi connectivity index (χ4v) is 2.12. The Labute approximate surface area is 102 Å². The Bertz CT molecular complexity index is 487. The first-order chi connectivity index (χ1) is 8.09. The fourth-order valence-electron chi connectivity index (χ4n) is 2.12. The molecule has 1 aromatic carbocycles. The number of nitrogens with zero attached hydrogens (tertiary/aromatic N) is 1. The van der Waals surface area contributed by atoms with E-state index in [1.54, 1.807) is 0 Å². The third-order valence-corrected chi connectivity index (χ3v) is 3.21. The molecule has 0 saturated carbocycles. The molecular formula is C14H19N3. The van der Waals surface area contributed by atoms with Crippen LogP contribution in [0.25, 0.3) is 0 Å². The van der Waals surface area contributed by atoms with Crippen molar-refractivity contribution in [3.8, 4) is 0 Å². The van der Waals surface area contributed by atoms with Crippen LogP contribution in [0.1, 0.15) is 28.1 Å². The summed E-state index contributed by atoms with van der Waals surface area (Å²) in [7, 11) is 0. The maximum Gasteiger partial charge on any atom is 0.0825 e. The van der Waals surface area contributed by atoms with E-state index in [-0.39, 0.29) is 0 Å². The van der Waals surface area contributed by atoms with Crippen LogP contribution in [-0.2, 0) is 6.54 Å². The zero-order chi connectivity index (χ0) is 12.4. The van der Waals surface area contributed by atoms with Crippen molar-refractivity contribution < 1.29 is 0 Å². The largest absolute Gasteiger partial charge is 0.378 e. The molecule has 2 rings (SSSR count). The van der Waals surface area contributed by atoms with Crippen molar-refractivity contribution in [3.05, 3.63) is 46.3 Å². The molecule has 0 atom stereocenters. The number of anilines is 1. The zero-order valence-corrected chi connectivity index (χ0v) is 10.9. The topological polar surface area (TPSA) is 40.7 Å². The first kappa shape index (κ1) is 11.7. The van der Waals surface area contributed by atoms with Crippen LogP contribution in [0.2, 0.25) is 0 Å². The Kier molecular flexibility index (Phi) is 3.18. The van der Waals surface area contributed by atoms with Gasteiger partial charge in [0.2, 0.25) is 0 Å². The normalized spacial score (nSPS) is 10.6. The molecule has 0 aliphatic carbocycles. The summed E-state index contributed by atoms with van der Waals surface area (Å²) in [6.45, 7) is 9.20. The quantitative estimate of drug-likeness (QED) is 0.848. The van der Waals surface area contributed by atoms with E-state index in [0.29, 0.717) is 0 Å². The zero-order valence-electron chi connectivity index (χ0n) is 10.9. The van der Waals surface area contributed by atoms with E-state index in [0.717, 1.165) is 23.6 Å². The SMILES string of the molecule is Cc1cccc(C)c1CNc1c(C)n[nH]c1C. The summed E-state index contributed by atoms with van der Waals surface area (Å²) in [6, 6.07) is 6.40. The van der Waals surface area contributed by atoms with E-state index in [2.05, 4.69) is 47.6 Å². The minimum absolute atomic E-state index is 0.847. The molecule has 0 aliphatic heterocycles. The van der Waals surface area contributed by atoms with Gasteiger partial charge < -0.3 is 5.32 Å². The standard InChI is InChI=1S/C14H19N3/c1-9-6-5-7-10(2)13(9)8-15-14-11(3)16-17-12(14)4/h5-7,15H,8H2,1-4H3,(H,16,17). The number of nitrogens with one attached hydrogen (secondary N) is 2. The van der Waals surface area contributed by atoms with Crippen LogP contribution in [0.15, 0.2) is 18.2 Å². The van der Waals surface area contributed by atoms with Gasteiger partial charge in [0, 0.05) is 6.54 Å². The van der Waals surface area contributed by atoms with Gasteiger partial charge in [-0.3, -0.25) is 5.10 Å². The Balaban J connectivity index is 2.18. The van der Waals surface area contributed by atoms with Gasteiger partial charge in [-0.2, -0.15) is 5.10 Å². The summed E-state index contributed by atoms with van der Waals surface area (Å²) in [5, 5.41) is 10.6. The molecule has 0 spiro atoms. The number of hydrogen-bond donors (Lipinski definition) is 2. The predicted molar refractivity (Wildman–Crippen MR) is 71.3 cm³/mol. The van der Waals surface area contributed by atoms with Gasteiger partial charge in [-0.15, -0.1) is 0 Å². The Hall–Kier alpha value is -1.77. The van der Waals surface area contributed by atoms with Crippen LogP contribution in [0.5, 0.6) is 0 Å². The second-order valence-corrected chi connectivity index (χ2v) is 4.53. The maximum absolute atomic E-state index is 4.19. The summed E-state index contributed by atoms with van der Waals surface area (Å²) in [5.41, 5.74) is 7.26. The van der Waals surface area contributed by atoms with Gasteiger partial charge in [-0.05, 0) is 44.4 Å². The minimum atomic E-state index is 0.847. The number of aryl methyl sites for hydroxylation is 4. The van der Waals surface area contributed by atoms with Crippen LogP contribution >= 0.6 is 0 Å². The Morgan fingerprint density at radius 1 is 1.12 bits per heavy atom. The van der Waals surface area contributed by atoms with Crippen LogP contribution in [-0.4, -0.2) is 10.2 Å². The van der Waals surface area contributed by atoms with Gasteiger partial charge in [0.1, 0.15) is 0 Å². The molecule has 0 bridgehead atoms. The molecule has 0 amide bonds. The third kappa shape index (κ3) is 2.33. The Morgan fingerprint density at radius 3 is 2.29 bits per heavy atom. The van der Waals surface area contributed by atoms with E-state index in [9.17, 15) is 0 Å². The highest BCUT2D eigenvalue weighted by atomic mass is 15.1. The molecule has 0 radical (unpaired) electrons. The monoisotopic (exact) mass is 229 g/mol. The molecular weight excluding hydrogens is 210 g/mol. The highest BCUT2D eigenvalue weighted by Crippen LogP contribution is 2.19. The molecule has 0 aliphatic rings. The van der Waals surface area contributed by atoms with Gasteiger partial charge in [-0.25, -0.2) is 0 Å². The van der Waals surface area contributed by atoms with Crippen LogP contribution in [0.3, 0.4) is 0 Å². The van der Waals surface area contributed by atoms with Gasteiger partial charge in [0.15, 0.2) is 0 Å². The second kappa shape index (κ2) is 4.62. The molecule has 0 saturated heterocycles. The van der Waals surface area contributed by atoms with Gasteiger partial charge in [-0.1, -0.05) is 18.2 Å². The van der Waals surface area contributed by atoms with E-state index < -0.39 is 0 Å². The molecule has 3 heteroatoms. The number of rotatable bonds is 3. The molecule has 90 valence electrons. The van der Waals surface area contributed by atoms with Gasteiger partial charge in [0.25, 0.3) is 0 Å². The molecule has 2 N–H and O–H groups in total. The lowest BCUT2D eigenvalue weighted by Crippen LogP contribution is -2.04. The van der Waals surface area contributed by atoms with E-state index in [4.69, 9.17) is 0 Å².